The van der Waals surface area contributed by atoms with Crippen LogP contribution >= 0.6 is 27.7 Å². The van der Waals surface area contributed by atoms with Gasteiger partial charge in [0.15, 0.2) is 11.0 Å². The molecule has 0 atom stereocenters. The Bertz CT molecular complexity index is 1240. The van der Waals surface area contributed by atoms with Crippen molar-refractivity contribution in [1.29, 1.82) is 0 Å². The summed E-state index contributed by atoms with van der Waals surface area (Å²) in [7, 11) is 0. The number of nitrogens with zero attached hydrogens (tertiary/aromatic N) is 4. The minimum absolute atomic E-state index is 0.162. The second-order valence-electron chi connectivity index (χ2n) is 7.16. The van der Waals surface area contributed by atoms with Gasteiger partial charge in [-0.2, -0.15) is 5.10 Å². The first-order chi connectivity index (χ1) is 16.1. The summed E-state index contributed by atoms with van der Waals surface area (Å²) in [5.74, 6) is 0.665. The quantitative estimate of drug-likeness (QED) is 0.189. The zero-order valence-electron chi connectivity index (χ0n) is 18.0. The number of halogens is 1. The fraction of sp³-hybridized carbons (Fsp3) is 0.120. The van der Waals surface area contributed by atoms with Crippen molar-refractivity contribution in [2.75, 3.05) is 5.75 Å². The normalized spacial score (nSPS) is 11.1. The Hall–Kier alpha value is -3.23. The third-order valence-corrected chi connectivity index (χ3v) is 6.33. The first kappa shape index (κ1) is 22.9. The maximum absolute atomic E-state index is 12.4. The van der Waals surface area contributed by atoms with E-state index in [4.69, 9.17) is 0 Å². The number of rotatable bonds is 8. The summed E-state index contributed by atoms with van der Waals surface area (Å²) in [6, 6.07) is 25.8. The lowest BCUT2D eigenvalue weighted by Crippen LogP contribution is -2.20. The Morgan fingerprint density at radius 3 is 2.45 bits per heavy atom. The molecule has 0 fully saturated rings. The van der Waals surface area contributed by atoms with E-state index in [9.17, 15) is 4.79 Å². The van der Waals surface area contributed by atoms with Crippen molar-refractivity contribution in [2.45, 2.75) is 18.5 Å². The maximum atomic E-state index is 12.4. The van der Waals surface area contributed by atoms with Crippen LogP contribution in [0.15, 0.2) is 93.6 Å². The van der Waals surface area contributed by atoms with E-state index in [0.717, 1.165) is 33.5 Å². The third-order valence-electron chi connectivity index (χ3n) is 4.87. The monoisotopic (exact) mass is 519 g/mol. The Kier molecular flexibility index (Phi) is 7.70. The standard InChI is InChI=1S/C25H22BrN5OS/c1-2-18-8-10-19(11-9-18)16-27-28-23(32)17-33-25-30-29-24(20-6-4-3-5-7-20)31(25)22-14-12-21(26)13-15-22/h3-16H,2,17H2,1H3,(H,28,32). The van der Waals surface area contributed by atoms with Gasteiger partial charge in [-0.1, -0.05) is 89.2 Å². The number of carbonyl (C=O) groups is 1. The molecule has 0 bridgehead atoms. The Balaban J connectivity index is 1.47. The molecule has 4 rings (SSSR count). The molecule has 166 valence electrons. The first-order valence-corrected chi connectivity index (χ1v) is 12.2. The molecule has 6 nitrogen and oxygen atoms in total. The highest BCUT2D eigenvalue weighted by Crippen LogP contribution is 2.28. The molecule has 0 saturated heterocycles. The molecule has 0 radical (unpaired) electrons. The van der Waals surface area contributed by atoms with Crippen LogP contribution in [0.4, 0.5) is 0 Å². The predicted molar refractivity (Wildman–Crippen MR) is 137 cm³/mol. The molecule has 0 aliphatic heterocycles. The van der Waals surface area contributed by atoms with Gasteiger partial charge in [0.2, 0.25) is 0 Å². The molecule has 1 N–H and O–H groups in total. The summed E-state index contributed by atoms with van der Waals surface area (Å²) in [6.45, 7) is 2.11. The fourth-order valence-corrected chi connectivity index (χ4v) is 4.15. The van der Waals surface area contributed by atoms with Crippen molar-refractivity contribution in [1.82, 2.24) is 20.2 Å². The van der Waals surface area contributed by atoms with Crippen LogP contribution < -0.4 is 5.43 Å². The lowest BCUT2D eigenvalue weighted by molar-refractivity contribution is -0.118. The van der Waals surface area contributed by atoms with Gasteiger partial charge in [-0.3, -0.25) is 9.36 Å². The van der Waals surface area contributed by atoms with Crippen LogP contribution in [0.3, 0.4) is 0 Å². The van der Waals surface area contributed by atoms with Gasteiger partial charge in [0.1, 0.15) is 0 Å². The fourth-order valence-electron chi connectivity index (χ4n) is 3.14. The van der Waals surface area contributed by atoms with Crippen LogP contribution in [0, 0.1) is 0 Å². The van der Waals surface area contributed by atoms with Gasteiger partial charge in [0.25, 0.3) is 5.91 Å². The molecular formula is C25H22BrN5OS. The van der Waals surface area contributed by atoms with Gasteiger partial charge in [-0.15, -0.1) is 10.2 Å². The molecule has 0 saturated carbocycles. The van der Waals surface area contributed by atoms with E-state index in [1.165, 1.54) is 17.3 Å². The number of benzene rings is 3. The van der Waals surface area contributed by atoms with E-state index in [-0.39, 0.29) is 11.7 Å². The van der Waals surface area contributed by atoms with E-state index in [1.54, 1.807) is 6.21 Å². The number of amides is 1. The summed E-state index contributed by atoms with van der Waals surface area (Å²) in [5.41, 5.74) is 6.64. The molecule has 4 aromatic rings. The van der Waals surface area contributed by atoms with Crippen LogP contribution in [0.25, 0.3) is 17.1 Å². The average Bonchev–Trinajstić information content (AvgIpc) is 3.28. The number of nitrogens with one attached hydrogen (secondary N) is 1. The summed E-state index contributed by atoms with van der Waals surface area (Å²) < 4.78 is 2.94. The number of carbonyl (C=O) groups excluding carboxylic acids is 1. The summed E-state index contributed by atoms with van der Waals surface area (Å²) in [6.07, 6.45) is 2.63. The SMILES string of the molecule is CCc1ccc(C=NNC(=O)CSc2nnc(-c3ccccc3)n2-c2ccc(Br)cc2)cc1. The number of hydrogen-bond donors (Lipinski definition) is 1. The second kappa shape index (κ2) is 11.1. The van der Waals surface area contributed by atoms with E-state index < -0.39 is 0 Å². The number of aryl methyl sites for hydroxylation is 1. The molecule has 8 heteroatoms. The van der Waals surface area contributed by atoms with Gasteiger partial charge in [-0.05, 0) is 41.8 Å². The van der Waals surface area contributed by atoms with E-state index >= 15 is 0 Å². The molecule has 3 aromatic carbocycles. The second-order valence-corrected chi connectivity index (χ2v) is 9.02. The topological polar surface area (TPSA) is 72.2 Å². The zero-order chi connectivity index (χ0) is 23.0. The highest BCUT2D eigenvalue weighted by atomic mass is 79.9. The van der Waals surface area contributed by atoms with Crippen LogP contribution in [-0.4, -0.2) is 32.6 Å². The number of aromatic nitrogens is 3. The zero-order valence-corrected chi connectivity index (χ0v) is 20.4. The molecule has 0 spiro atoms. The van der Waals surface area contributed by atoms with Crippen LogP contribution in [0.2, 0.25) is 0 Å². The highest BCUT2D eigenvalue weighted by molar-refractivity contribution is 9.10. The number of hydrogen-bond acceptors (Lipinski definition) is 5. The molecule has 1 amide bonds. The van der Waals surface area contributed by atoms with Crippen LogP contribution in [0.5, 0.6) is 0 Å². The van der Waals surface area contributed by atoms with Gasteiger partial charge < -0.3 is 0 Å². The van der Waals surface area contributed by atoms with E-state index in [0.29, 0.717) is 5.16 Å². The third kappa shape index (κ3) is 5.97. The molecule has 0 aliphatic rings. The number of thioether (sulfide) groups is 1. The van der Waals surface area contributed by atoms with Crippen molar-refractivity contribution >= 4 is 39.8 Å². The lowest BCUT2D eigenvalue weighted by atomic mass is 10.1. The van der Waals surface area contributed by atoms with Crippen molar-refractivity contribution in [2.24, 2.45) is 5.10 Å². The highest BCUT2D eigenvalue weighted by Gasteiger charge is 2.17. The minimum Gasteiger partial charge on any atom is -0.272 e. The Morgan fingerprint density at radius 1 is 1.03 bits per heavy atom. The smallest absolute Gasteiger partial charge is 0.250 e. The van der Waals surface area contributed by atoms with Crippen molar-refractivity contribution in [3.8, 4) is 17.1 Å². The van der Waals surface area contributed by atoms with Crippen molar-refractivity contribution in [3.05, 3.63) is 94.5 Å². The molecular weight excluding hydrogens is 498 g/mol. The summed E-state index contributed by atoms with van der Waals surface area (Å²) in [4.78, 5) is 12.4. The molecule has 1 heterocycles. The molecule has 1 aromatic heterocycles. The molecule has 33 heavy (non-hydrogen) atoms. The molecule has 0 aliphatic carbocycles. The van der Waals surface area contributed by atoms with Crippen molar-refractivity contribution < 1.29 is 4.79 Å². The predicted octanol–water partition coefficient (Wildman–Crippen LogP) is 5.50. The van der Waals surface area contributed by atoms with Crippen LogP contribution in [-0.2, 0) is 11.2 Å². The van der Waals surface area contributed by atoms with E-state index in [1.807, 2.05) is 71.3 Å². The largest absolute Gasteiger partial charge is 0.272 e. The number of hydrazone groups is 1. The van der Waals surface area contributed by atoms with Gasteiger partial charge in [0, 0.05) is 15.7 Å². The maximum Gasteiger partial charge on any atom is 0.250 e. The molecule has 0 unspecified atom stereocenters. The average molecular weight is 520 g/mol. The lowest BCUT2D eigenvalue weighted by Gasteiger charge is -2.10. The Morgan fingerprint density at radius 2 is 1.76 bits per heavy atom. The Labute approximate surface area is 205 Å². The van der Waals surface area contributed by atoms with Gasteiger partial charge in [0.05, 0.1) is 12.0 Å². The van der Waals surface area contributed by atoms with Gasteiger partial charge >= 0.3 is 0 Å². The van der Waals surface area contributed by atoms with Crippen LogP contribution in [0.1, 0.15) is 18.1 Å². The first-order valence-electron chi connectivity index (χ1n) is 10.4. The van der Waals surface area contributed by atoms with Gasteiger partial charge in [-0.25, -0.2) is 5.43 Å². The van der Waals surface area contributed by atoms with E-state index in [2.05, 4.69) is 55.7 Å². The van der Waals surface area contributed by atoms with Crippen molar-refractivity contribution in [3.63, 3.8) is 0 Å². The minimum atomic E-state index is -0.215. The summed E-state index contributed by atoms with van der Waals surface area (Å²) in [5, 5.41) is 13.4. The summed E-state index contributed by atoms with van der Waals surface area (Å²) >= 11 is 4.79.